The highest BCUT2D eigenvalue weighted by molar-refractivity contribution is 7.90. The van der Waals surface area contributed by atoms with Crippen LogP contribution in [0.15, 0.2) is 12.1 Å². The lowest BCUT2D eigenvalue weighted by Crippen LogP contribution is -2.49. The Balaban J connectivity index is 2.02. The maximum Gasteiger partial charge on any atom is 0.511 e. The molecule has 140 valence electrons. The molecule has 6 nitrogen and oxygen atoms in total. The number of carbonyl (C=O) groups excluding carboxylic acids is 1. The number of rotatable bonds is 3. The summed E-state index contributed by atoms with van der Waals surface area (Å²) in [5, 5.41) is 12.3. The molecule has 1 aromatic carbocycles. The van der Waals surface area contributed by atoms with Gasteiger partial charge in [0.15, 0.2) is 0 Å². The van der Waals surface area contributed by atoms with Crippen molar-refractivity contribution in [2.75, 3.05) is 13.1 Å². The number of nitrogens with one attached hydrogen (secondary N) is 1. The number of aromatic hydroxyl groups is 1. The van der Waals surface area contributed by atoms with E-state index in [1.807, 2.05) is 0 Å². The summed E-state index contributed by atoms with van der Waals surface area (Å²) in [6.45, 7) is -0.760. The number of sulfonamides is 1. The minimum absolute atomic E-state index is 0.00386. The average molecular weight is 421 g/mol. The SMILES string of the molecule is O=C(NC1CCN(S(=O)(=O)C(F)(F)F)CC1)c1cc(Cl)cc(Cl)c1O. The van der Waals surface area contributed by atoms with Gasteiger partial charge < -0.3 is 10.4 Å². The number of phenols is 1. The Morgan fingerprint density at radius 2 is 1.80 bits per heavy atom. The van der Waals surface area contributed by atoms with Crippen LogP contribution >= 0.6 is 23.2 Å². The highest BCUT2D eigenvalue weighted by Crippen LogP contribution is 2.32. The van der Waals surface area contributed by atoms with Gasteiger partial charge in [-0.1, -0.05) is 23.2 Å². The summed E-state index contributed by atoms with van der Waals surface area (Å²) in [4.78, 5) is 12.2. The number of hydrogen-bond donors (Lipinski definition) is 2. The van der Waals surface area contributed by atoms with Gasteiger partial charge in [-0.2, -0.15) is 17.5 Å². The number of carbonyl (C=O) groups is 1. The minimum atomic E-state index is -5.38. The molecule has 1 aliphatic heterocycles. The second-order valence-corrected chi connectivity index (χ2v) is 8.15. The van der Waals surface area contributed by atoms with E-state index < -0.39 is 33.2 Å². The fraction of sp³-hybridized carbons (Fsp3) is 0.462. The van der Waals surface area contributed by atoms with Gasteiger partial charge >= 0.3 is 15.5 Å². The topological polar surface area (TPSA) is 86.7 Å². The third kappa shape index (κ3) is 4.30. The molecule has 25 heavy (non-hydrogen) atoms. The van der Waals surface area contributed by atoms with Gasteiger partial charge in [-0.3, -0.25) is 4.79 Å². The van der Waals surface area contributed by atoms with E-state index in [4.69, 9.17) is 23.2 Å². The zero-order chi connectivity index (χ0) is 19.0. The first-order valence-corrected chi connectivity index (χ1v) is 9.18. The van der Waals surface area contributed by atoms with Gasteiger partial charge in [0.25, 0.3) is 5.91 Å². The summed E-state index contributed by atoms with van der Waals surface area (Å²) in [5.74, 6) is -1.18. The molecule has 0 saturated carbocycles. The molecule has 1 heterocycles. The van der Waals surface area contributed by atoms with E-state index in [1.165, 1.54) is 12.1 Å². The zero-order valence-corrected chi connectivity index (χ0v) is 14.8. The number of alkyl halides is 3. The van der Waals surface area contributed by atoms with Crippen LogP contribution < -0.4 is 5.32 Å². The molecule has 2 N–H and O–H groups in total. The highest BCUT2D eigenvalue weighted by atomic mass is 35.5. The molecule has 1 amide bonds. The summed E-state index contributed by atoms with van der Waals surface area (Å²) in [7, 11) is -5.38. The summed E-state index contributed by atoms with van der Waals surface area (Å²) in [6.07, 6.45) is -0.00772. The van der Waals surface area contributed by atoms with Crippen LogP contribution in [0.3, 0.4) is 0 Å². The average Bonchev–Trinajstić information content (AvgIpc) is 2.50. The van der Waals surface area contributed by atoms with E-state index >= 15 is 0 Å². The van der Waals surface area contributed by atoms with E-state index in [-0.39, 0.29) is 41.5 Å². The van der Waals surface area contributed by atoms with Crippen LogP contribution in [0.4, 0.5) is 13.2 Å². The summed E-state index contributed by atoms with van der Waals surface area (Å²) >= 11 is 11.5. The van der Waals surface area contributed by atoms with E-state index in [1.54, 1.807) is 0 Å². The molecule has 1 aliphatic rings. The molecule has 0 unspecified atom stereocenters. The number of halogens is 5. The molecular weight excluding hydrogens is 408 g/mol. The van der Waals surface area contributed by atoms with Gasteiger partial charge in [-0.15, -0.1) is 0 Å². The number of nitrogens with zero attached hydrogens (tertiary/aromatic N) is 1. The first-order valence-electron chi connectivity index (χ1n) is 6.99. The minimum Gasteiger partial charge on any atom is -0.506 e. The van der Waals surface area contributed by atoms with Crippen LogP contribution in [0.1, 0.15) is 23.2 Å². The van der Waals surface area contributed by atoms with Crippen molar-refractivity contribution < 1.29 is 31.5 Å². The number of benzene rings is 1. The van der Waals surface area contributed by atoms with Crippen LogP contribution in [0.25, 0.3) is 0 Å². The molecule has 0 aliphatic carbocycles. The second-order valence-electron chi connectivity index (χ2n) is 5.38. The predicted molar refractivity (Wildman–Crippen MR) is 85.2 cm³/mol. The molecule has 12 heteroatoms. The maximum absolute atomic E-state index is 12.5. The van der Waals surface area contributed by atoms with Crippen LogP contribution in [0.5, 0.6) is 5.75 Å². The fourth-order valence-corrected chi connectivity index (χ4v) is 3.87. The lowest BCUT2D eigenvalue weighted by Gasteiger charge is -2.31. The Morgan fingerprint density at radius 1 is 1.24 bits per heavy atom. The molecular formula is C13H13Cl2F3N2O4S. The van der Waals surface area contributed by atoms with Gasteiger partial charge in [0.1, 0.15) is 5.75 Å². The van der Waals surface area contributed by atoms with Crippen molar-refractivity contribution in [3.05, 3.63) is 27.7 Å². The first-order chi connectivity index (χ1) is 11.4. The van der Waals surface area contributed by atoms with Crippen LogP contribution in [-0.4, -0.2) is 48.4 Å². The second kappa shape index (κ2) is 7.18. The van der Waals surface area contributed by atoms with Crippen molar-refractivity contribution in [3.8, 4) is 5.75 Å². The molecule has 0 atom stereocenters. The number of hydrogen-bond acceptors (Lipinski definition) is 4. The molecule has 1 saturated heterocycles. The predicted octanol–water partition coefficient (Wildman–Crippen LogP) is 2.74. The molecule has 0 aromatic heterocycles. The van der Waals surface area contributed by atoms with Crippen molar-refractivity contribution in [1.29, 1.82) is 0 Å². The third-order valence-electron chi connectivity index (χ3n) is 3.69. The van der Waals surface area contributed by atoms with Crippen molar-refractivity contribution in [2.45, 2.75) is 24.4 Å². The van der Waals surface area contributed by atoms with Gasteiger partial charge in [-0.25, -0.2) is 8.42 Å². The molecule has 0 bridgehead atoms. The standard InChI is InChI=1S/C13H13Cl2F3N2O4S/c14-7-5-9(11(21)10(15)6-7)12(22)19-8-1-3-20(4-2-8)25(23,24)13(16,17)18/h5-6,8,21H,1-4H2,(H,19,22). The van der Waals surface area contributed by atoms with Gasteiger partial charge in [-0.05, 0) is 25.0 Å². The molecule has 0 radical (unpaired) electrons. The lowest BCUT2D eigenvalue weighted by atomic mass is 10.1. The number of amides is 1. The fourth-order valence-electron chi connectivity index (χ4n) is 2.39. The van der Waals surface area contributed by atoms with E-state index in [9.17, 15) is 31.5 Å². The Bertz CT molecular complexity index is 778. The lowest BCUT2D eigenvalue weighted by molar-refractivity contribution is -0.0495. The van der Waals surface area contributed by atoms with Crippen molar-refractivity contribution in [3.63, 3.8) is 0 Å². The van der Waals surface area contributed by atoms with Crippen molar-refractivity contribution in [1.82, 2.24) is 9.62 Å². The Morgan fingerprint density at radius 3 is 2.32 bits per heavy atom. The summed E-state index contributed by atoms with van der Waals surface area (Å²) in [5.41, 5.74) is -5.53. The zero-order valence-electron chi connectivity index (χ0n) is 12.5. The monoisotopic (exact) mass is 420 g/mol. The summed E-state index contributed by atoms with van der Waals surface area (Å²) in [6, 6.07) is 1.89. The largest absolute Gasteiger partial charge is 0.511 e. The first kappa shape index (κ1) is 20.1. The molecule has 2 rings (SSSR count). The Kier molecular flexibility index (Phi) is 5.77. The van der Waals surface area contributed by atoms with Crippen molar-refractivity contribution >= 4 is 39.1 Å². The number of phenolic OH excluding ortho intramolecular Hbond substituents is 1. The summed E-state index contributed by atoms with van der Waals surface area (Å²) < 4.78 is 60.5. The Labute approximate surface area is 151 Å². The maximum atomic E-state index is 12.5. The van der Waals surface area contributed by atoms with E-state index in [0.717, 1.165) is 0 Å². The quantitative estimate of drug-likeness (QED) is 0.786. The van der Waals surface area contributed by atoms with Gasteiger partial charge in [0.05, 0.1) is 10.6 Å². The normalized spacial score (nSPS) is 17.5. The third-order valence-corrected chi connectivity index (χ3v) is 5.83. The van der Waals surface area contributed by atoms with Crippen molar-refractivity contribution in [2.24, 2.45) is 0 Å². The van der Waals surface area contributed by atoms with Crippen LogP contribution in [0.2, 0.25) is 10.0 Å². The smallest absolute Gasteiger partial charge is 0.506 e. The van der Waals surface area contributed by atoms with Crippen LogP contribution in [-0.2, 0) is 10.0 Å². The molecule has 1 aromatic rings. The van der Waals surface area contributed by atoms with Crippen LogP contribution in [0, 0.1) is 0 Å². The molecule has 1 fully saturated rings. The highest BCUT2D eigenvalue weighted by Gasteiger charge is 2.50. The van der Waals surface area contributed by atoms with E-state index in [2.05, 4.69) is 5.32 Å². The van der Waals surface area contributed by atoms with E-state index in [0.29, 0.717) is 4.31 Å². The van der Waals surface area contributed by atoms with Gasteiger partial charge in [0.2, 0.25) is 0 Å². The molecule has 0 spiro atoms. The van der Waals surface area contributed by atoms with Gasteiger partial charge in [0, 0.05) is 24.2 Å². The Hall–Kier alpha value is -1.23. The number of piperidine rings is 1.